The maximum atomic E-state index is 13.4. The highest BCUT2D eigenvalue weighted by molar-refractivity contribution is 7.89. The van der Waals surface area contributed by atoms with E-state index in [2.05, 4.69) is 0 Å². The van der Waals surface area contributed by atoms with E-state index in [9.17, 15) is 17.6 Å². The Morgan fingerprint density at radius 1 is 0.971 bits per heavy atom. The van der Waals surface area contributed by atoms with Gasteiger partial charge in [-0.05, 0) is 72.5 Å². The highest BCUT2D eigenvalue weighted by atomic mass is 32.2. The van der Waals surface area contributed by atoms with E-state index < -0.39 is 10.0 Å². The Kier molecular flexibility index (Phi) is 7.23. The molecule has 0 aromatic heterocycles. The van der Waals surface area contributed by atoms with E-state index in [1.807, 2.05) is 38.1 Å². The van der Waals surface area contributed by atoms with Gasteiger partial charge in [0.15, 0.2) is 0 Å². The standard InChI is InChI=1S/C27H29FN2O4S/c1-19-4-10-26(14-20(19)2)35(32,33)30-12-13-34-27-11-7-23(15-24(27)18-30)17-29(21(3)31)16-22-5-8-25(28)9-6-22/h4-11,14-15H,12-13,16-18H2,1-3H3. The molecule has 0 saturated heterocycles. The molecule has 8 heteroatoms. The quantitative estimate of drug-likeness (QED) is 0.501. The van der Waals surface area contributed by atoms with Gasteiger partial charge < -0.3 is 9.64 Å². The van der Waals surface area contributed by atoms with Gasteiger partial charge in [-0.3, -0.25) is 4.79 Å². The largest absolute Gasteiger partial charge is 0.492 e. The summed E-state index contributed by atoms with van der Waals surface area (Å²) in [7, 11) is -3.70. The van der Waals surface area contributed by atoms with Crippen LogP contribution in [-0.2, 0) is 34.5 Å². The van der Waals surface area contributed by atoms with E-state index >= 15 is 0 Å². The fourth-order valence-corrected chi connectivity index (χ4v) is 5.55. The van der Waals surface area contributed by atoms with Gasteiger partial charge in [-0.1, -0.05) is 24.3 Å². The second-order valence-electron chi connectivity index (χ2n) is 8.88. The lowest BCUT2D eigenvalue weighted by Gasteiger charge is -2.23. The summed E-state index contributed by atoms with van der Waals surface area (Å²) in [6.45, 7) is 6.69. The molecule has 3 aromatic carbocycles. The number of carbonyl (C=O) groups excluding carboxylic acids is 1. The molecule has 4 rings (SSSR count). The first kappa shape index (κ1) is 24.9. The van der Waals surface area contributed by atoms with Crippen LogP contribution in [0.5, 0.6) is 5.75 Å². The van der Waals surface area contributed by atoms with Gasteiger partial charge >= 0.3 is 0 Å². The van der Waals surface area contributed by atoms with Crippen molar-refractivity contribution in [1.29, 1.82) is 0 Å². The molecule has 0 N–H and O–H groups in total. The number of benzene rings is 3. The third-order valence-electron chi connectivity index (χ3n) is 6.29. The normalized spacial score (nSPS) is 14.1. The predicted molar refractivity (Wildman–Crippen MR) is 132 cm³/mol. The van der Waals surface area contributed by atoms with Gasteiger partial charge in [0, 0.05) is 38.7 Å². The number of sulfonamides is 1. The first-order valence-corrected chi connectivity index (χ1v) is 12.9. The molecular weight excluding hydrogens is 467 g/mol. The molecule has 1 heterocycles. The number of hydrogen-bond donors (Lipinski definition) is 0. The molecule has 0 radical (unpaired) electrons. The second kappa shape index (κ2) is 10.2. The van der Waals surface area contributed by atoms with Crippen molar-refractivity contribution in [3.63, 3.8) is 0 Å². The summed E-state index contributed by atoms with van der Waals surface area (Å²) in [5.41, 5.74) is 4.39. The van der Waals surface area contributed by atoms with Crippen molar-refractivity contribution >= 4 is 15.9 Å². The monoisotopic (exact) mass is 496 g/mol. The van der Waals surface area contributed by atoms with Crippen molar-refractivity contribution in [3.05, 3.63) is 94.3 Å². The van der Waals surface area contributed by atoms with Gasteiger partial charge in [-0.15, -0.1) is 0 Å². The van der Waals surface area contributed by atoms with E-state index in [1.54, 1.807) is 29.2 Å². The third kappa shape index (κ3) is 5.71. The molecule has 35 heavy (non-hydrogen) atoms. The second-order valence-corrected chi connectivity index (χ2v) is 10.8. The smallest absolute Gasteiger partial charge is 0.243 e. The fraction of sp³-hybridized carbons (Fsp3) is 0.296. The summed E-state index contributed by atoms with van der Waals surface area (Å²) in [5.74, 6) is 0.202. The van der Waals surface area contributed by atoms with E-state index in [0.717, 1.165) is 27.8 Å². The van der Waals surface area contributed by atoms with Crippen LogP contribution in [0, 0.1) is 19.7 Å². The minimum absolute atomic E-state index is 0.112. The molecular formula is C27H29FN2O4S. The zero-order valence-electron chi connectivity index (χ0n) is 20.1. The number of ether oxygens (including phenoxy) is 1. The van der Waals surface area contributed by atoms with E-state index in [0.29, 0.717) is 18.8 Å². The Hall–Kier alpha value is -3.23. The van der Waals surface area contributed by atoms with Crippen molar-refractivity contribution in [1.82, 2.24) is 9.21 Å². The maximum Gasteiger partial charge on any atom is 0.243 e. The molecule has 3 aromatic rings. The summed E-state index contributed by atoms with van der Waals surface area (Å²) in [5, 5.41) is 0. The van der Waals surface area contributed by atoms with Crippen molar-refractivity contribution in [2.45, 2.75) is 45.3 Å². The summed E-state index contributed by atoms with van der Waals surface area (Å²) in [4.78, 5) is 14.2. The molecule has 0 fully saturated rings. The highest BCUT2D eigenvalue weighted by Gasteiger charge is 2.28. The number of amides is 1. The lowest BCUT2D eigenvalue weighted by atomic mass is 10.1. The van der Waals surface area contributed by atoms with Crippen molar-refractivity contribution in [2.75, 3.05) is 13.2 Å². The minimum Gasteiger partial charge on any atom is -0.492 e. The van der Waals surface area contributed by atoms with Crippen LogP contribution in [0.3, 0.4) is 0 Å². The Balaban J connectivity index is 1.56. The van der Waals surface area contributed by atoms with E-state index in [1.165, 1.54) is 23.4 Å². The van der Waals surface area contributed by atoms with Crippen LogP contribution in [-0.4, -0.2) is 36.7 Å². The molecule has 6 nitrogen and oxygen atoms in total. The first-order valence-electron chi connectivity index (χ1n) is 11.5. The van der Waals surface area contributed by atoms with E-state index in [-0.39, 0.29) is 36.3 Å². The van der Waals surface area contributed by atoms with Gasteiger partial charge in [0.2, 0.25) is 15.9 Å². The molecule has 0 spiro atoms. The molecule has 0 aliphatic carbocycles. The Labute approximate surface area is 206 Å². The summed E-state index contributed by atoms with van der Waals surface area (Å²) in [6.07, 6.45) is 0. The summed E-state index contributed by atoms with van der Waals surface area (Å²) < 4.78 is 47.3. The first-order chi connectivity index (χ1) is 16.6. The SMILES string of the molecule is CC(=O)N(Cc1ccc(F)cc1)Cc1ccc2c(c1)CN(S(=O)(=O)c1ccc(C)c(C)c1)CCO2. The number of hydrogen-bond acceptors (Lipinski definition) is 4. The van der Waals surface area contributed by atoms with Gasteiger partial charge in [0.05, 0.1) is 4.90 Å². The minimum atomic E-state index is -3.70. The van der Waals surface area contributed by atoms with Crippen LogP contribution in [0.25, 0.3) is 0 Å². The fourth-order valence-electron chi connectivity index (χ4n) is 4.06. The van der Waals surface area contributed by atoms with Crippen molar-refractivity contribution in [3.8, 4) is 5.75 Å². The van der Waals surface area contributed by atoms with Gasteiger partial charge in [-0.2, -0.15) is 4.31 Å². The van der Waals surface area contributed by atoms with Gasteiger partial charge in [-0.25, -0.2) is 12.8 Å². The summed E-state index contributed by atoms with van der Waals surface area (Å²) in [6, 6.07) is 16.8. The number of halogens is 1. The molecule has 1 aliphatic rings. The molecule has 0 unspecified atom stereocenters. The van der Waals surface area contributed by atoms with Crippen molar-refractivity contribution in [2.24, 2.45) is 0 Å². The van der Waals surface area contributed by atoms with Crippen molar-refractivity contribution < 1.29 is 22.3 Å². The zero-order chi connectivity index (χ0) is 25.2. The van der Waals surface area contributed by atoms with Gasteiger partial charge in [0.25, 0.3) is 0 Å². The Bertz CT molecular complexity index is 1340. The Morgan fingerprint density at radius 3 is 2.34 bits per heavy atom. The van der Waals surface area contributed by atoms with Crippen LogP contribution < -0.4 is 4.74 Å². The lowest BCUT2D eigenvalue weighted by Crippen LogP contribution is -2.32. The number of nitrogens with zero attached hydrogens (tertiary/aromatic N) is 2. The molecule has 1 amide bonds. The third-order valence-corrected chi connectivity index (χ3v) is 8.13. The lowest BCUT2D eigenvalue weighted by molar-refractivity contribution is -0.130. The molecule has 1 aliphatic heterocycles. The molecule has 0 bridgehead atoms. The average Bonchev–Trinajstić information content (AvgIpc) is 3.04. The van der Waals surface area contributed by atoms with Crippen LogP contribution in [0.1, 0.15) is 34.7 Å². The number of fused-ring (bicyclic) bond motifs is 1. The van der Waals surface area contributed by atoms with Crippen LogP contribution >= 0.6 is 0 Å². The molecule has 0 atom stereocenters. The molecule has 184 valence electrons. The number of aryl methyl sites for hydroxylation is 2. The van der Waals surface area contributed by atoms with E-state index in [4.69, 9.17) is 4.74 Å². The zero-order valence-corrected chi connectivity index (χ0v) is 20.9. The highest BCUT2D eigenvalue weighted by Crippen LogP contribution is 2.29. The van der Waals surface area contributed by atoms with Crippen LogP contribution in [0.2, 0.25) is 0 Å². The average molecular weight is 497 g/mol. The number of carbonyl (C=O) groups is 1. The topological polar surface area (TPSA) is 66.9 Å². The molecule has 0 saturated carbocycles. The number of rotatable bonds is 6. The maximum absolute atomic E-state index is 13.4. The predicted octanol–water partition coefficient (Wildman–Crippen LogP) is 4.57. The summed E-state index contributed by atoms with van der Waals surface area (Å²) >= 11 is 0. The van der Waals surface area contributed by atoms with Crippen LogP contribution in [0.15, 0.2) is 65.6 Å². The van der Waals surface area contributed by atoms with Gasteiger partial charge in [0.1, 0.15) is 18.2 Å². The Morgan fingerprint density at radius 2 is 1.66 bits per heavy atom. The van der Waals surface area contributed by atoms with Crippen LogP contribution in [0.4, 0.5) is 4.39 Å².